The predicted octanol–water partition coefficient (Wildman–Crippen LogP) is 1.00. The Labute approximate surface area is 128 Å². The van der Waals surface area contributed by atoms with Crippen molar-refractivity contribution in [2.24, 2.45) is 5.73 Å². The molecule has 0 aliphatic heterocycles. The molecule has 8 heteroatoms. The van der Waals surface area contributed by atoms with Crippen molar-refractivity contribution in [1.82, 2.24) is 14.8 Å². The Morgan fingerprint density at radius 2 is 1.90 bits per heavy atom. The van der Waals surface area contributed by atoms with Gasteiger partial charge < -0.3 is 5.73 Å². The van der Waals surface area contributed by atoms with E-state index in [1.54, 1.807) is 30.7 Å². The van der Waals surface area contributed by atoms with Crippen molar-refractivity contribution in [1.29, 1.82) is 0 Å². The Kier molecular flexibility index (Phi) is 4.38. The molecule has 1 aromatic heterocycles. The van der Waals surface area contributed by atoms with Gasteiger partial charge in [-0.3, -0.25) is 0 Å². The molecule has 0 radical (unpaired) electrons. The van der Waals surface area contributed by atoms with Gasteiger partial charge in [0, 0.05) is 5.56 Å². The molecule has 0 saturated carbocycles. The second-order valence-corrected chi connectivity index (χ2v) is 7.19. The Morgan fingerprint density at radius 1 is 1.29 bits per heavy atom. The highest BCUT2D eigenvalue weighted by molar-refractivity contribution is 7.91. The number of thiocarbonyl (C=S) groups is 1. The first-order chi connectivity index (χ1) is 9.79. The molecule has 0 atom stereocenters. The zero-order valence-corrected chi connectivity index (χ0v) is 13.4. The van der Waals surface area contributed by atoms with Gasteiger partial charge in [0.1, 0.15) is 16.6 Å². The predicted molar refractivity (Wildman–Crippen MR) is 83.9 cm³/mol. The lowest BCUT2D eigenvalue weighted by Gasteiger charge is -2.06. The first-order valence-corrected chi connectivity index (χ1v) is 8.36. The summed E-state index contributed by atoms with van der Waals surface area (Å²) in [6, 6.07) is 6.26. The molecular weight excluding hydrogens is 308 g/mol. The van der Waals surface area contributed by atoms with E-state index in [4.69, 9.17) is 18.0 Å². The summed E-state index contributed by atoms with van der Waals surface area (Å²) in [5.41, 5.74) is 6.14. The number of nitrogens with zero attached hydrogens (tertiary/aromatic N) is 3. The van der Waals surface area contributed by atoms with Crippen molar-refractivity contribution in [3.05, 3.63) is 41.5 Å². The van der Waals surface area contributed by atoms with Crippen molar-refractivity contribution in [2.45, 2.75) is 25.3 Å². The zero-order valence-electron chi connectivity index (χ0n) is 11.8. The van der Waals surface area contributed by atoms with Crippen LogP contribution in [0.15, 0.2) is 29.2 Å². The topological polar surface area (TPSA) is 90.9 Å². The Bertz CT molecular complexity index is 764. The van der Waals surface area contributed by atoms with Crippen LogP contribution in [0.25, 0.3) is 0 Å². The second-order valence-electron chi connectivity index (χ2n) is 4.64. The SMILES string of the molecule is Cc1nc(C)n(CCS(=O)(=O)c2ccc(C(N)=S)cc2)n1. The summed E-state index contributed by atoms with van der Waals surface area (Å²) in [6.45, 7) is 3.84. The molecule has 0 spiro atoms. The van der Waals surface area contributed by atoms with Crippen molar-refractivity contribution in [3.63, 3.8) is 0 Å². The fourth-order valence-corrected chi connectivity index (χ4v) is 3.26. The smallest absolute Gasteiger partial charge is 0.180 e. The van der Waals surface area contributed by atoms with E-state index in [2.05, 4.69) is 10.1 Å². The fourth-order valence-electron chi connectivity index (χ4n) is 1.92. The molecule has 1 aromatic carbocycles. The van der Waals surface area contributed by atoms with E-state index in [0.717, 1.165) is 0 Å². The quantitative estimate of drug-likeness (QED) is 0.825. The number of nitrogens with two attached hydrogens (primary N) is 1. The van der Waals surface area contributed by atoms with E-state index in [0.29, 0.717) is 17.2 Å². The van der Waals surface area contributed by atoms with Gasteiger partial charge in [-0.1, -0.05) is 24.4 Å². The van der Waals surface area contributed by atoms with Crippen molar-refractivity contribution in [3.8, 4) is 0 Å². The summed E-state index contributed by atoms with van der Waals surface area (Å²) in [6.07, 6.45) is 0. The minimum Gasteiger partial charge on any atom is -0.389 e. The van der Waals surface area contributed by atoms with Crippen molar-refractivity contribution >= 4 is 27.0 Å². The molecule has 0 saturated heterocycles. The minimum absolute atomic E-state index is 0.0386. The maximum absolute atomic E-state index is 12.3. The highest BCUT2D eigenvalue weighted by Gasteiger charge is 2.16. The Morgan fingerprint density at radius 3 is 2.38 bits per heavy atom. The summed E-state index contributed by atoms with van der Waals surface area (Å²) < 4.78 is 26.2. The molecule has 0 amide bonds. The first kappa shape index (κ1) is 15.6. The van der Waals surface area contributed by atoms with Crippen LogP contribution in [-0.4, -0.2) is 33.9 Å². The van der Waals surface area contributed by atoms with Gasteiger partial charge in [-0.15, -0.1) is 0 Å². The van der Waals surface area contributed by atoms with Gasteiger partial charge in [0.05, 0.1) is 17.2 Å². The molecule has 0 fully saturated rings. The average Bonchev–Trinajstić information content (AvgIpc) is 2.75. The highest BCUT2D eigenvalue weighted by atomic mass is 32.2. The standard InChI is InChI=1S/C13H16N4O2S2/c1-9-15-10(2)17(16-9)7-8-21(18,19)12-5-3-11(4-6-12)13(14)20/h3-6H,7-8H2,1-2H3,(H2,14,20). The Hall–Kier alpha value is -1.80. The van der Waals surface area contributed by atoms with Gasteiger partial charge >= 0.3 is 0 Å². The van der Waals surface area contributed by atoms with E-state index in [1.165, 1.54) is 12.1 Å². The normalized spacial score (nSPS) is 11.5. The van der Waals surface area contributed by atoms with Crippen LogP contribution < -0.4 is 5.73 Å². The van der Waals surface area contributed by atoms with Crippen molar-refractivity contribution < 1.29 is 8.42 Å². The molecule has 2 N–H and O–H groups in total. The van der Waals surface area contributed by atoms with E-state index in [1.807, 2.05) is 0 Å². The van der Waals surface area contributed by atoms with Crippen LogP contribution in [0, 0.1) is 13.8 Å². The molecule has 2 aromatic rings. The summed E-state index contributed by atoms with van der Waals surface area (Å²) in [4.78, 5) is 4.63. The molecule has 0 aliphatic rings. The fraction of sp³-hybridized carbons (Fsp3) is 0.308. The van der Waals surface area contributed by atoms with Crippen LogP contribution in [0.2, 0.25) is 0 Å². The first-order valence-electron chi connectivity index (χ1n) is 6.30. The summed E-state index contributed by atoms with van der Waals surface area (Å²) in [5.74, 6) is 1.29. The highest BCUT2D eigenvalue weighted by Crippen LogP contribution is 2.13. The monoisotopic (exact) mass is 324 g/mol. The van der Waals surface area contributed by atoms with Crippen LogP contribution in [0.5, 0.6) is 0 Å². The lowest BCUT2D eigenvalue weighted by Crippen LogP contribution is -2.15. The van der Waals surface area contributed by atoms with Gasteiger partial charge in [-0.2, -0.15) is 5.10 Å². The van der Waals surface area contributed by atoms with Crippen molar-refractivity contribution in [2.75, 3.05) is 5.75 Å². The third kappa shape index (κ3) is 3.64. The zero-order chi connectivity index (χ0) is 15.6. The number of hydrogen-bond acceptors (Lipinski definition) is 5. The largest absolute Gasteiger partial charge is 0.389 e. The maximum Gasteiger partial charge on any atom is 0.180 e. The molecule has 6 nitrogen and oxygen atoms in total. The van der Waals surface area contributed by atoms with Crippen LogP contribution in [0.1, 0.15) is 17.2 Å². The average molecular weight is 324 g/mol. The molecule has 1 heterocycles. The number of aromatic nitrogens is 3. The third-order valence-corrected chi connectivity index (χ3v) is 4.98. The molecular formula is C13H16N4O2S2. The van der Waals surface area contributed by atoms with E-state index < -0.39 is 9.84 Å². The van der Waals surface area contributed by atoms with Crippen LogP contribution in [-0.2, 0) is 16.4 Å². The maximum atomic E-state index is 12.3. The molecule has 0 unspecified atom stereocenters. The molecule has 0 bridgehead atoms. The molecule has 112 valence electrons. The van der Waals surface area contributed by atoms with Crippen LogP contribution in [0.4, 0.5) is 0 Å². The van der Waals surface area contributed by atoms with Crippen LogP contribution >= 0.6 is 12.2 Å². The summed E-state index contributed by atoms with van der Waals surface area (Å²) in [7, 11) is -3.38. The van der Waals surface area contributed by atoms with Gasteiger partial charge in [-0.25, -0.2) is 18.1 Å². The Balaban J connectivity index is 2.14. The summed E-state index contributed by atoms with van der Waals surface area (Å²) in [5, 5.41) is 4.15. The van der Waals surface area contributed by atoms with Gasteiger partial charge in [0.2, 0.25) is 0 Å². The number of benzene rings is 1. The molecule has 0 aliphatic carbocycles. The van der Waals surface area contributed by atoms with Gasteiger partial charge in [-0.05, 0) is 26.0 Å². The third-order valence-electron chi connectivity index (χ3n) is 3.03. The number of aryl methyl sites for hydroxylation is 3. The lowest BCUT2D eigenvalue weighted by molar-refractivity contribution is 0.575. The minimum atomic E-state index is -3.38. The van der Waals surface area contributed by atoms with Crippen LogP contribution in [0.3, 0.4) is 0 Å². The number of sulfone groups is 1. The van der Waals surface area contributed by atoms with E-state index in [-0.39, 0.29) is 22.2 Å². The lowest BCUT2D eigenvalue weighted by atomic mass is 10.2. The van der Waals surface area contributed by atoms with Gasteiger partial charge in [0.15, 0.2) is 9.84 Å². The summed E-state index contributed by atoms with van der Waals surface area (Å²) >= 11 is 4.84. The molecule has 21 heavy (non-hydrogen) atoms. The number of rotatable bonds is 5. The van der Waals surface area contributed by atoms with E-state index >= 15 is 0 Å². The van der Waals surface area contributed by atoms with E-state index in [9.17, 15) is 8.42 Å². The second kappa shape index (κ2) is 5.90. The van der Waals surface area contributed by atoms with Gasteiger partial charge in [0.25, 0.3) is 0 Å². The molecule has 2 rings (SSSR count). The number of hydrogen-bond donors (Lipinski definition) is 1.